The van der Waals surface area contributed by atoms with Crippen LogP contribution in [0.25, 0.3) is 0 Å². The zero-order valence-corrected chi connectivity index (χ0v) is 16.6. The second-order valence-electron chi connectivity index (χ2n) is 6.66. The first kappa shape index (κ1) is 19.6. The van der Waals surface area contributed by atoms with E-state index in [1.165, 1.54) is 11.8 Å². The number of nitrogens with one attached hydrogen (secondary N) is 1. The average molecular weight is 387 g/mol. The van der Waals surface area contributed by atoms with Gasteiger partial charge in [0.1, 0.15) is 17.6 Å². The first-order valence-corrected chi connectivity index (χ1v) is 10.1. The van der Waals surface area contributed by atoms with Gasteiger partial charge in [0.05, 0.1) is 12.9 Å². The lowest BCUT2D eigenvalue weighted by molar-refractivity contribution is -0.113. The first-order valence-electron chi connectivity index (χ1n) is 9.14. The van der Waals surface area contributed by atoms with Crippen molar-refractivity contribution in [2.75, 3.05) is 38.3 Å². The molecular weight excluding hydrogens is 360 g/mol. The van der Waals surface area contributed by atoms with Gasteiger partial charge in [0.2, 0.25) is 5.91 Å². The molecule has 0 bridgehead atoms. The molecule has 0 aromatic heterocycles. The second kappa shape index (κ2) is 9.67. The van der Waals surface area contributed by atoms with Crippen LogP contribution in [0.4, 0.5) is 5.69 Å². The summed E-state index contributed by atoms with van der Waals surface area (Å²) in [5, 5.41) is 2.92. The summed E-state index contributed by atoms with van der Waals surface area (Å²) in [6, 6.07) is 15.3. The maximum Gasteiger partial charge on any atom is 0.234 e. The molecule has 1 heterocycles. The van der Waals surface area contributed by atoms with Crippen LogP contribution in [0.2, 0.25) is 0 Å². The Morgan fingerprint density at radius 2 is 1.89 bits per heavy atom. The summed E-state index contributed by atoms with van der Waals surface area (Å²) in [5.41, 5.74) is 0.780. The normalized spacial score (nSPS) is 15.3. The van der Waals surface area contributed by atoms with Crippen LogP contribution in [0.5, 0.6) is 11.5 Å². The van der Waals surface area contributed by atoms with Crippen molar-refractivity contribution in [3.05, 3.63) is 48.5 Å². The molecule has 0 radical (unpaired) electrons. The van der Waals surface area contributed by atoms with Gasteiger partial charge in [-0.3, -0.25) is 4.79 Å². The van der Waals surface area contributed by atoms with Crippen LogP contribution >= 0.6 is 11.8 Å². The Labute approximate surface area is 165 Å². The van der Waals surface area contributed by atoms with Crippen molar-refractivity contribution in [3.63, 3.8) is 0 Å². The van der Waals surface area contributed by atoms with Gasteiger partial charge in [-0.15, -0.1) is 11.8 Å². The molecule has 0 aliphatic carbocycles. The number of piperidine rings is 1. The van der Waals surface area contributed by atoms with Gasteiger partial charge in [0.15, 0.2) is 0 Å². The van der Waals surface area contributed by atoms with Crippen LogP contribution in [-0.4, -0.2) is 49.9 Å². The Hall–Kier alpha value is -2.18. The van der Waals surface area contributed by atoms with Crippen LogP contribution in [-0.2, 0) is 4.79 Å². The lowest BCUT2D eigenvalue weighted by Crippen LogP contribution is -2.35. The third-order valence-corrected chi connectivity index (χ3v) is 5.51. The largest absolute Gasteiger partial charge is 0.497 e. The second-order valence-corrected chi connectivity index (χ2v) is 7.71. The Bertz CT molecular complexity index is 743. The maximum absolute atomic E-state index is 12.2. The molecule has 1 amide bonds. The van der Waals surface area contributed by atoms with Gasteiger partial charge in [-0.25, -0.2) is 0 Å². The summed E-state index contributed by atoms with van der Waals surface area (Å²) in [7, 11) is 3.77. The fraction of sp³-hybridized carbons (Fsp3) is 0.381. The zero-order chi connectivity index (χ0) is 19.1. The number of thioether (sulfide) groups is 1. The van der Waals surface area contributed by atoms with Gasteiger partial charge < -0.3 is 19.7 Å². The Morgan fingerprint density at radius 3 is 2.59 bits per heavy atom. The molecule has 5 nitrogen and oxygen atoms in total. The minimum atomic E-state index is -0.0354. The van der Waals surface area contributed by atoms with E-state index in [0.29, 0.717) is 5.75 Å². The number of carbonyl (C=O) groups excluding carboxylic acids is 1. The highest BCUT2D eigenvalue weighted by atomic mass is 32.2. The van der Waals surface area contributed by atoms with Crippen molar-refractivity contribution in [1.82, 2.24) is 4.90 Å². The minimum Gasteiger partial charge on any atom is -0.497 e. The lowest BCUT2D eigenvalue weighted by Gasteiger charge is -2.29. The third-order valence-electron chi connectivity index (χ3n) is 4.52. The molecule has 2 aromatic carbocycles. The SMILES string of the molecule is COc1cccc(SCC(=O)Nc2ccc(OC3CCN(C)CC3)cc2)c1. The number of nitrogens with zero attached hydrogens (tertiary/aromatic N) is 1. The first-order chi connectivity index (χ1) is 13.1. The van der Waals surface area contributed by atoms with E-state index < -0.39 is 0 Å². The maximum atomic E-state index is 12.2. The quantitative estimate of drug-likeness (QED) is 0.732. The molecule has 3 rings (SSSR count). The van der Waals surface area contributed by atoms with E-state index in [1.54, 1.807) is 7.11 Å². The van der Waals surface area contributed by atoms with Crippen molar-refractivity contribution in [3.8, 4) is 11.5 Å². The number of methoxy groups -OCH3 is 1. The van der Waals surface area contributed by atoms with E-state index >= 15 is 0 Å². The highest BCUT2D eigenvalue weighted by Crippen LogP contribution is 2.24. The molecule has 0 spiro atoms. The predicted octanol–water partition coefficient (Wildman–Crippen LogP) is 3.90. The van der Waals surface area contributed by atoms with E-state index in [2.05, 4.69) is 17.3 Å². The number of ether oxygens (including phenoxy) is 2. The highest BCUT2D eigenvalue weighted by molar-refractivity contribution is 8.00. The smallest absolute Gasteiger partial charge is 0.234 e. The van der Waals surface area contributed by atoms with Crippen molar-refractivity contribution in [2.24, 2.45) is 0 Å². The van der Waals surface area contributed by atoms with Gasteiger partial charge >= 0.3 is 0 Å². The van der Waals surface area contributed by atoms with Crippen molar-refractivity contribution >= 4 is 23.4 Å². The van der Waals surface area contributed by atoms with E-state index in [1.807, 2.05) is 48.5 Å². The molecule has 0 unspecified atom stereocenters. The Balaban J connectivity index is 1.45. The summed E-state index contributed by atoms with van der Waals surface area (Å²) in [4.78, 5) is 15.5. The number of carbonyl (C=O) groups is 1. The molecule has 1 aliphatic heterocycles. The number of anilines is 1. The molecule has 144 valence electrons. The highest BCUT2D eigenvalue weighted by Gasteiger charge is 2.17. The van der Waals surface area contributed by atoms with Gasteiger partial charge in [-0.05, 0) is 62.4 Å². The fourth-order valence-corrected chi connectivity index (χ4v) is 3.69. The average Bonchev–Trinajstić information content (AvgIpc) is 2.70. The van der Waals surface area contributed by atoms with Gasteiger partial charge in [-0.1, -0.05) is 6.07 Å². The molecule has 1 saturated heterocycles. The summed E-state index contributed by atoms with van der Waals surface area (Å²) in [6.07, 6.45) is 2.38. The van der Waals surface area contributed by atoms with E-state index in [0.717, 1.165) is 48.0 Å². The van der Waals surface area contributed by atoms with Crippen LogP contribution in [0.3, 0.4) is 0 Å². The number of likely N-dealkylation sites (tertiary alicyclic amines) is 1. The number of hydrogen-bond donors (Lipinski definition) is 1. The molecule has 27 heavy (non-hydrogen) atoms. The van der Waals surface area contributed by atoms with Crippen LogP contribution in [0.15, 0.2) is 53.4 Å². The standard InChI is InChI=1S/C21H26N2O3S/c1-23-12-10-18(11-13-23)26-17-8-6-16(7-9-17)22-21(24)15-27-20-5-3-4-19(14-20)25-2/h3-9,14,18H,10-13,15H2,1-2H3,(H,22,24). The molecule has 6 heteroatoms. The van der Waals surface area contributed by atoms with Crippen LogP contribution in [0, 0.1) is 0 Å². The topological polar surface area (TPSA) is 50.8 Å². The summed E-state index contributed by atoms with van der Waals surface area (Å²) in [5.74, 6) is 1.96. The third kappa shape index (κ3) is 6.19. The number of benzene rings is 2. The number of rotatable bonds is 7. The van der Waals surface area contributed by atoms with Gasteiger partial charge in [-0.2, -0.15) is 0 Å². The molecule has 1 fully saturated rings. The molecule has 1 aliphatic rings. The monoisotopic (exact) mass is 386 g/mol. The minimum absolute atomic E-state index is 0.0354. The zero-order valence-electron chi connectivity index (χ0n) is 15.8. The summed E-state index contributed by atoms with van der Waals surface area (Å²) in [6.45, 7) is 2.15. The van der Waals surface area contributed by atoms with E-state index in [-0.39, 0.29) is 12.0 Å². The van der Waals surface area contributed by atoms with Crippen molar-refractivity contribution in [1.29, 1.82) is 0 Å². The Kier molecular flexibility index (Phi) is 7.01. The molecule has 2 aromatic rings. The Morgan fingerprint density at radius 1 is 1.15 bits per heavy atom. The van der Waals surface area contributed by atoms with Gasteiger partial charge in [0.25, 0.3) is 0 Å². The van der Waals surface area contributed by atoms with E-state index in [9.17, 15) is 4.79 Å². The lowest BCUT2D eigenvalue weighted by atomic mass is 10.1. The van der Waals surface area contributed by atoms with Crippen molar-refractivity contribution in [2.45, 2.75) is 23.8 Å². The molecule has 0 saturated carbocycles. The molecule has 1 N–H and O–H groups in total. The molecular formula is C21H26N2O3S. The van der Waals surface area contributed by atoms with E-state index in [4.69, 9.17) is 9.47 Å². The van der Waals surface area contributed by atoms with Crippen molar-refractivity contribution < 1.29 is 14.3 Å². The van der Waals surface area contributed by atoms with Crippen LogP contribution < -0.4 is 14.8 Å². The number of hydrogen-bond acceptors (Lipinski definition) is 5. The summed E-state index contributed by atoms with van der Waals surface area (Å²) < 4.78 is 11.2. The number of amides is 1. The van der Waals surface area contributed by atoms with Gasteiger partial charge in [0, 0.05) is 23.7 Å². The molecule has 0 atom stereocenters. The van der Waals surface area contributed by atoms with Crippen LogP contribution in [0.1, 0.15) is 12.8 Å². The fourth-order valence-electron chi connectivity index (χ4n) is 2.95. The predicted molar refractivity (Wildman–Crippen MR) is 110 cm³/mol. The summed E-state index contributed by atoms with van der Waals surface area (Å²) >= 11 is 1.48.